The number of imidazole rings is 1. The fraction of sp³-hybridized carbons (Fsp3) is 0.600. The number of likely N-dealkylation sites (tertiary alicyclic amines) is 1. The second-order valence-electron chi connectivity index (χ2n) is 3.84. The molecule has 1 fully saturated rings. The highest BCUT2D eigenvalue weighted by molar-refractivity contribution is 6.18. The van der Waals surface area contributed by atoms with Gasteiger partial charge in [-0.25, -0.2) is 4.98 Å². The maximum absolute atomic E-state index is 12.1. The van der Waals surface area contributed by atoms with E-state index in [1.807, 2.05) is 11.9 Å². The van der Waals surface area contributed by atoms with Crippen molar-refractivity contribution in [3.8, 4) is 0 Å². The summed E-state index contributed by atoms with van der Waals surface area (Å²) in [6.45, 7) is 0.807. The monoisotopic (exact) mass is 227 g/mol. The first-order valence-electron chi connectivity index (χ1n) is 5.07. The third-order valence-corrected chi connectivity index (χ3v) is 3.21. The van der Waals surface area contributed by atoms with Crippen molar-refractivity contribution in [2.75, 3.05) is 12.4 Å². The van der Waals surface area contributed by atoms with E-state index < -0.39 is 0 Å². The zero-order valence-electron chi connectivity index (χ0n) is 8.69. The van der Waals surface area contributed by atoms with Crippen molar-refractivity contribution in [3.63, 3.8) is 0 Å². The summed E-state index contributed by atoms with van der Waals surface area (Å²) in [7, 11) is 1.83. The van der Waals surface area contributed by atoms with Crippen LogP contribution in [-0.2, 0) is 7.05 Å². The number of nitrogens with zero attached hydrogens (tertiary/aromatic N) is 3. The van der Waals surface area contributed by atoms with Crippen molar-refractivity contribution < 1.29 is 4.79 Å². The van der Waals surface area contributed by atoms with Gasteiger partial charge in [-0.3, -0.25) is 4.79 Å². The van der Waals surface area contributed by atoms with Gasteiger partial charge in [0, 0.05) is 25.5 Å². The van der Waals surface area contributed by atoms with E-state index in [4.69, 9.17) is 11.6 Å². The van der Waals surface area contributed by atoms with Crippen LogP contribution in [0.15, 0.2) is 12.5 Å². The van der Waals surface area contributed by atoms with E-state index in [1.54, 1.807) is 17.1 Å². The van der Waals surface area contributed by atoms with Crippen LogP contribution in [0.3, 0.4) is 0 Å². The van der Waals surface area contributed by atoms with Crippen molar-refractivity contribution in [1.29, 1.82) is 0 Å². The Morgan fingerprint density at radius 1 is 1.73 bits per heavy atom. The summed E-state index contributed by atoms with van der Waals surface area (Å²) in [6.07, 6.45) is 5.29. The van der Waals surface area contributed by atoms with Crippen molar-refractivity contribution in [1.82, 2.24) is 14.5 Å². The molecule has 2 rings (SSSR count). The average Bonchev–Trinajstić information content (AvgIpc) is 2.84. The van der Waals surface area contributed by atoms with Crippen LogP contribution < -0.4 is 0 Å². The van der Waals surface area contributed by atoms with Crippen molar-refractivity contribution in [2.24, 2.45) is 7.05 Å². The molecule has 82 valence electrons. The topological polar surface area (TPSA) is 38.1 Å². The molecule has 0 N–H and O–H groups in total. The number of halogens is 1. The largest absolute Gasteiger partial charge is 0.333 e. The van der Waals surface area contributed by atoms with Crippen LogP contribution >= 0.6 is 11.6 Å². The first-order valence-corrected chi connectivity index (χ1v) is 5.60. The van der Waals surface area contributed by atoms with Crippen LogP contribution in [0, 0.1) is 0 Å². The molecule has 1 aliphatic rings. The molecule has 1 aliphatic heterocycles. The maximum atomic E-state index is 12.1. The number of aromatic nitrogens is 2. The molecule has 0 bridgehead atoms. The van der Waals surface area contributed by atoms with E-state index in [-0.39, 0.29) is 11.9 Å². The minimum absolute atomic E-state index is 0.0400. The molecule has 1 saturated heterocycles. The molecule has 5 heteroatoms. The zero-order chi connectivity index (χ0) is 10.8. The molecule has 1 aromatic heterocycles. The highest BCUT2D eigenvalue weighted by Crippen LogP contribution is 2.20. The first kappa shape index (κ1) is 10.5. The summed E-state index contributed by atoms with van der Waals surface area (Å²) >= 11 is 5.83. The van der Waals surface area contributed by atoms with Gasteiger partial charge >= 0.3 is 0 Å². The van der Waals surface area contributed by atoms with Crippen LogP contribution in [0.5, 0.6) is 0 Å². The number of hydrogen-bond donors (Lipinski definition) is 0. The van der Waals surface area contributed by atoms with E-state index in [2.05, 4.69) is 4.98 Å². The zero-order valence-corrected chi connectivity index (χ0v) is 9.44. The van der Waals surface area contributed by atoms with Gasteiger partial charge in [-0.15, -0.1) is 11.6 Å². The van der Waals surface area contributed by atoms with E-state index in [1.165, 1.54) is 0 Å². The lowest BCUT2D eigenvalue weighted by atomic mass is 10.2. The van der Waals surface area contributed by atoms with Gasteiger partial charge in [0.15, 0.2) is 0 Å². The molecule has 0 saturated carbocycles. The minimum Gasteiger partial charge on any atom is -0.333 e. The molecule has 1 unspecified atom stereocenters. The van der Waals surface area contributed by atoms with Crippen LogP contribution in [0.2, 0.25) is 0 Å². The number of hydrogen-bond acceptors (Lipinski definition) is 2. The summed E-state index contributed by atoms with van der Waals surface area (Å²) in [5.41, 5.74) is 0.631. The van der Waals surface area contributed by atoms with Crippen LogP contribution in [0.1, 0.15) is 23.3 Å². The Bertz CT molecular complexity index is 363. The first-order chi connectivity index (χ1) is 7.24. The third-order valence-electron chi connectivity index (χ3n) is 2.85. The lowest BCUT2D eigenvalue weighted by Gasteiger charge is -2.22. The van der Waals surface area contributed by atoms with Gasteiger partial charge in [-0.05, 0) is 12.8 Å². The molecule has 4 nitrogen and oxygen atoms in total. The minimum atomic E-state index is 0.0400. The normalized spacial score (nSPS) is 20.9. The van der Waals surface area contributed by atoms with Crippen LogP contribution in [-0.4, -0.2) is 38.8 Å². The Hall–Kier alpha value is -1.03. The van der Waals surface area contributed by atoms with E-state index in [0.29, 0.717) is 11.6 Å². The number of carbonyl (C=O) groups is 1. The van der Waals surface area contributed by atoms with Gasteiger partial charge in [0.1, 0.15) is 5.69 Å². The lowest BCUT2D eigenvalue weighted by Crippen LogP contribution is -2.37. The highest BCUT2D eigenvalue weighted by Gasteiger charge is 2.29. The number of aryl methyl sites for hydroxylation is 1. The molecule has 0 radical (unpaired) electrons. The molecular formula is C10H14ClN3O. The number of alkyl halides is 1. The molecular weight excluding hydrogens is 214 g/mol. The molecule has 2 heterocycles. The second-order valence-corrected chi connectivity index (χ2v) is 4.15. The van der Waals surface area contributed by atoms with Gasteiger partial charge in [-0.1, -0.05) is 0 Å². The fourth-order valence-corrected chi connectivity index (χ4v) is 2.29. The third kappa shape index (κ3) is 1.86. The molecule has 1 atom stereocenters. The summed E-state index contributed by atoms with van der Waals surface area (Å²) < 4.78 is 1.74. The molecule has 0 spiro atoms. The van der Waals surface area contributed by atoms with Crippen molar-refractivity contribution in [3.05, 3.63) is 18.2 Å². The Morgan fingerprint density at radius 3 is 3.13 bits per heavy atom. The van der Waals surface area contributed by atoms with E-state index in [9.17, 15) is 4.79 Å². The van der Waals surface area contributed by atoms with Gasteiger partial charge in [0.25, 0.3) is 5.91 Å². The van der Waals surface area contributed by atoms with Crippen LogP contribution in [0.25, 0.3) is 0 Å². The lowest BCUT2D eigenvalue weighted by molar-refractivity contribution is 0.0739. The Balaban J connectivity index is 2.18. The predicted octanol–water partition coefficient (Wildman–Crippen LogP) is 1.26. The standard InChI is InChI=1S/C10H14ClN3O/c1-13-7-12-6-9(13)10(15)14-4-2-3-8(14)5-11/h6-8H,2-5H2,1H3. The molecule has 15 heavy (non-hydrogen) atoms. The Kier molecular flexibility index (Phi) is 2.95. The van der Waals surface area contributed by atoms with Gasteiger partial charge in [0.2, 0.25) is 0 Å². The number of carbonyl (C=O) groups excluding carboxylic acids is 1. The maximum Gasteiger partial charge on any atom is 0.272 e. The number of amides is 1. The quantitative estimate of drug-likeness (QED) is 0.714. The summed E-state index contributed by atoms with van der Waals surface area (Å²) in [4.78, 5) is 17.9. The number of rotatable bonds is 2. The highest BCUT2D eigenvalue weighted by atomic mass is 35.5. The SMILES string of the molecule is Cn1cncc1C(=O)N1CCCC1CCl. The summed E-state index contributed by atoms with van der Waals surface area (Å²) in [5.74, 6) is 0.557. The van der Waals surface area contributed by atoms with Gasteiger partial charge in [0.05, 0.1) is 12.5 Å². The average molecular weight is 228 g/mol. The second kappa shape index (κ2) is 4.23. The summed E-state index contributed by atoms with van der Waals surface area (Å²) in [5, 5.41) is 0. The Morgan fingerprint density at radius 2 is 2.53 bits per heavy atom. The van der Waals surface area contributed by atoms with E-state index >= 15 is 0 Å². The molecule has 1 aromatic rings. The van der Waals surface area contributed by atoms with E-state index in [0.717, 1.165) is 19.4 Å². The molecule has 0 aliphatic carbocycles. The predicted molar refractivity (Wildman–Crippen MR) is 58.0 cm³/mol. The van der Waals surface area contributed by atoms with Gasteiger partial charge < -0.3 is 9.47 Å². The molecule has 0 aromatic carbocycles. The fourth-order valence-electron chi connectivity index (χ4n) is 1.97. The Labute approximate surface area is 93.8 Å². The van der Waals surface area contributed by atoms with Crippen molar-refractivity contribution >= 4 is 17.5 Å². The van der Waals surface area contributed by atoms with Gasteiger partial charge in [-0.2, -0.15) is 0 Å². The smallest absolute Gasteiger partial charge is 0.272 e. The van der Waals surface area contributed by atoms with Crippen LogP contribution in [0.4, 0.5) is 0 Å². The molecule has 1 amide bonds. The summed E-state index contributed by atoms with van der Waals surface area (Å²) in [6, 6.07) is 0.189. The van der Waals surface area contributed by atoms with Crippen molar-refractivity contribution in [2.45, 2.75) is 18.9 Å².